The highest BCUT2D eigenvalue weighted by molar-refractivity contribution is 5.99. The summed E-state index contributed by atoms with van der Waals surface area (Å²) in [6, 6.07) is 9.76. The number of amides is 1. The molecule has 1 saturated heterocycles. The molecule has 0 radical (unpaired) electrons. The van der Waals surface area contributed by atoms with Gasteiger partial charge in [0, 0.05) is 36.0 Å². The number of hydrogen-bond donors (Lipinski definition) is 0. The number of likely N-dealkylation sites (tertiary alicyclic amines) is 1. The zero-order valence-electron chi connectivity index (χ0n) is 14.5. The van der Waals surface area contributed by atoms with Crippen molar-refractivity contribution in [1.82, 2.24) is 14.9 Å². The molecular formula is C20H21N3O2. The molecule has 0 N–H and O–H groups in total. The van der Waals surface area contributed by atoms with Crippen molar-refractivity contribution >= 4 is 12.0 Å². The van der Waals surface area contributed by atoms with E-state index in [1.54, 1.807) is 0 Å². The molecular weight excluding hydrogens is 314 g/mol. The van der Waals surface area contributed by atoms with Gasteiger partial charge in [-0.05, 0) is 38.5 Å². The molecule has 5 nitrogen and oxygen atoms in total. The minimum absolute atomic E-state index is 0.0568. The zero-order valence-corrected chi connectivity index (χ0v) is 14.5. The number of fused-ring (bicyclic) bond motifs is 1. The Morgan fingerprint density at radius 2 is 1.96 bits per heavy atom. The van der Waals surface area contributed by atoms with Crippen molar-refractivity contribution in [2.75, 3.05) is 19.7 Å². The van der Waals surface area contributed by atoms with Gasteiger partial charge in [0.1, 0.15) is 18.2 Å². The lowest BCUT2D eigenvalue weighted by molar-refractivity contribution is -0.126. The molecule has 1 aromatic heterocycles. The fraction of sp³-hybridized carbons (Fsp3) is 0.350. The first-order valence-electron chi connectivity index (χ1n) is 8.64. The average molecular weight is 335 g/mol. The van der Waals surface area contributed by atoms with Crippen LogP contribution in [0.15, 0.2) is 35.9 Å². The summed E-state index contributed by atoms with van der Waals surface area (Å²) in [5.74, 6) is 1.95. The van der Waals surface area contributed by atoms with Gasteiger partial charge in [0.15, 0.2) is 0 Å². The second-order valence-electron chi connectivity index (χ2n) is 6.74. The summed E-state index contributed by atoms with van der Waals surface area (Å²) in [5, 5.41) is 0. The molecule has 2 aromatic rings. The molecule has 0 bridgehead atoms. The number of carbonyl (C=O) groups is 1. The zero-order chi connectivity index (χ0) is 17.4. The monoisotopic (exact) mass is 335 g/mol. The Labute approximate surface area is 147 Å². The number of benzene rings is 1. The number of ether oxygens (including phenoxy) is 1. The van der Waals surface area contributed by atoms with E-state index in [1.807, 2.05) is 55.2 Å². The van der Waals surface area contributed by atoms with Gasteiger partial charge in [-0.2, -0.15) is 0 Å². The lowest BCUT2D eigenvalue weighted by Crippen LogP contribution is -2.32. The van der Waals surface area contributed by atoms with Crippen LogP contribution in [0.5, 0.6) is 5.75 Å². The second kappa shape index (κ2) is 6.31. The highest BCUT2D eigenvalue weighted by Gasteiger charge is 2.31. The van der Waals surface area contributed by atoms with Crippen molar-refractivity contribution in [3.05, 3.63) is 58.7 Å². The van der Waals surface area contributed by atoms with Crippen LogP contribution in [0.1, 0.15) is 35.1 Å². The first-order chi connectivity index (χ1) is 12.1. The van der Waals surface area contributed by atoms with Crippen molar-refractivity contribution in [2.24, 2.45) is 0 Å². The predicted molar refractivity (Wildman–Crippen MR) is 95.4 cm³/mol. The van der Waals surface area contributed by atoms with Crippen molar-refractivity contribution < 1.29 is 9.53 Å². The minimum Gasteiger partial charge on any atom is -0.488 e. The minimum atomic E-state index is 0.0568. The quantitative estimate of drug-likeness (QED) is 0.847. The number of nitrogens with zero attached hydrogens (tertiary/aromatic N) is 3. The fourth-order valence-corrected chi connectivity index (χ4v) is 3.53. The van der Waals surface area contributed by atoms with Crippen LogP contribution in [0.4, 0.5) is 0 Å². The maximum absolute atomic E-state index is 12.9. The van der Waals surface area contributed by atoms with Crippen molar-refractivity contribution in [2.45, 2.75) is 26.2 Å². The number of para-hydroxylation sites is 1. The third kappa shape index (κ3) is 3.14. The fourth-order valence-electron chi connectivity index (χ4n) is 3.53. The van der Waals surface area contributed by atoms with E-state index in [-0.39, 0.29) is 11.8 Å². The van der Waals surface area contributed by atoms with Crippen LogP contribution in [0, 0.1) is 13.8 Å². The summed E-state index contributed by atoms with van der Waals surface area (Å²) >= 11 is 0. The molecule has 1 fully saturated rings. The summed E-state index contributed by atoms with van der Waals surface area (Å²) in [6.45, 7) is 5.70. The Morgan fingerprint density at radius 1 is 1.20 bits per heavy atom. The highest BCUT2D eigenvalue weighted by atomic mass is 16.5. The first-order valence-corrected chi connectivity index (χ1v) is 8.64. The van der Waals surface area contributed by atoms with Crippen LogP contribution < -0.4 is 4.74 Å². The number of aryl methyl sites for hydroxylation is 2. The molecule has 1 atom stereocenters. The normalized spacial score (nSPS) is 19.2. The third-order valence-electron chi connectivity index (χ3n) is 4.75. The van der Waals surface area contributed by atoms with Gasteiger partial charge in [-0.25, -0.2) is 9.97 Å². The van der Waals surface area contributed by atoms with Gasteiger partial charge in [-0.1, -0.05) is 18.2 Å². The number of aromatic nitrogens is 2. The molecule has 1 amide bonds. The van der Waals surface area contributed by atoms with Gasteiger partial charge in [0.25, 0.3) is 5.91 Å². The molecule has 0 aliphatic carbocycles. The van der Waals surface area contributed by atoms with E-state index >= 15 is 0 Å². The molecule has 0 spiro atoms. The van der Waals surface area contributed by atoms with Crippen molar-refractivity contribution in [3.8, 4) is 5.75 Å². The second-order valence-corrected chi connectivity index (χ2v) is 6.74. The Balaban J connectivity index is 1.50. The lowest BCUT2D eigenvalue weighted by Gasteiger charge is -2.22. The maximum atomic E-state index is 12.9. The summed E-state index contributed by atoms with van der Waals surface area (Å²) in [5.41, 5.74) is 3.63. The maximum Gasteiger partial charge on any atom is 0.253 e. The topological polar surface area (TPSA) is 55.3 Å². The Morgan fingerprint density at radius 3 is 2.76 bits per heavy atom. The van der Waals surface area contributed by atoms with E-state index in [1.165, 1.54) is 0 Å². The van der Waals surface area contributed by atoms with Gasteiger partial charge in [-0.3, -0.25) is 4.79 Å². The van der Waals surface area contributed by atoms with Crippen LogP contribution in [0.25, 0.3) is 6.08 Å². The van der Waals surface area contributed by atoms with Gasteiger partial charge in [0.2, 0.25) is 0 Å². The molecule has 128 valence electrons. The van der Waals surface area contributed by atoms with Crippen LogP contribution in [-0.4, -0.2) is 40.5 Å². The van der Waals surface area contributed by atoms with Gasteiger partial charge < -0.3 is 9.64 Å². The number of hydrogen-bond acceptors (Lipinski definition) is 4. The molecule has 1 aromatic carbocycles. The first kappa shape index (κ1) is 15.8. The molecule has 2 aliphatic rings. The average Bonchev–Trinajstić information content (AvgIpc) is 3.10. The predicted octanol–water partition coefficient (Wildman–Crippen LogP) is 2.89. The van der Waals surface area contributed by atoms with E-state index in [9.17, 15) is 4.79 Å². The molecule has 0 saturated carbocycles. The van der Waals surface area contributed by atoms with Crippen LogP contribution in [0.2, 0.25) is 0 Å². The summed E-state index contributed by atoms with van der Waals surface area (Å²) in [7, 11) is 0. The van der Waals surface area contributed by atoms with Gasteiger partial charge >= 0.3 is 0 Å². The largest absolute Gasteiger partial charge is 0.488 e. The molecule has 4 rings (SSSR count). The summed E-state index contributed by atoms with van der Waals surface area (Å²) < 4.78 is 5.72. The molecule has 3 heterocycles. The smallest absolute Gasteiger partial charge is 0.253 e. The lowest BCUT2D eigenvalue weighted by atomic mass is 10.1. The van der Waals surface area contributed by atoms with E-state index in [0.717, 1.165) is 41.5 Å². The van der Waals surface area contributed by atoms with E-state index in [4.69, 9.17) is 4.74 Å². The van der Waals surface area contributed by atoms with E-state index < -0.39 is 0 Å². The molecule has 0 unspecified atom stereocenters. The van der Waals surface area contributed by atoms with Crippen LogP contribution in [0.3, 0.4) is 0 Å². The van der Waals surface area contributed by atoms with Crippen molar-refractivity contribution in [1.29, 1.82) is 0 Å². The Bertz CT molecular complexity index is 840. The number of rotatable bonds is 2. The standard InChI is InChI=1S/C20H21N3O2/c1-13-9-14(2)22-19(21-13)16-7-8-23(11-16)20(24)17-10-15-5-3-4-6-18(15)25-12-17/h3-6,9-10,16H,7-8,11-12H2,1-2H3/t16-/m1/s1. The van der Waals surface area contributed by atoms with E-state index in [2.05, 4.69) is 9.97 Å². The Hall–Kier alpha value is -2.69. The van der Waals surface area contributed by atoms with Crippen LogP contribution >= 0.6 is 0 Å². The van der Waals surface area contributed by atoms with Gasteiger partial charge in [-0.15, -0.1) is 0 Å². The summed E-state index contributed by atoms with van der Waals surface area (Å²) in [4.78, 5) is 23.9. The molecule has 25 heavy (non-hydrogen) atoms. The molecule has 5 heteroatoms. The Kier molecular flexibility index (Phi) is 3.99. The summed E-state index contributed by atoms with van der Waals surface area (Å²) in [6.07, 6.45) is 2.85. The van der Waals surface area contributed by atoms with E-state index in [0.29, 0.717) is 18.7 Å². The SMILES string of the molecule is Cc1cc(C)nc([C@@H]2CCN(C(=O)C3=Cc4ccccc4OC3)C2)n1. The molecule has 2 aliphatic heterocycles. The third-order valence-corrected chi connectivity index (χ3v) is 4.75. The van der Waals surface area contributed by atoms with Crippen molar-refractivity contribution in [3.63, 3.8) is 0 Å². The van der Waals surface area contributed by atoms with Gasteiger partial charge in [0.05, 0.1) is 5.57 Å². The highest BCUT2D eigenvalue weighted by Crippen LogP contribution is 2.29. The van der Waals surface area contributed by atoms with Crippen LogP contribution in [-0.2, 0) is 4.79 Å². The number of carbonyl (C=O) groups excluding carboxylic acids is 1.